The molecule has 0 saturated heterocycles. The molecule has 3 N–H and O–H groups in total. The maximum absolute atomic E-state index is 12.3. The SMILES string of the molecule is CC(C)C[C@H](NC(=O)OCc1cc(=O)c(O)co1)C(=O)OCc1cc(=O)c(O)co1. The lowest BCUT2D eigenvalue weighted by molar-refractivity contribution is -0.148. The third-order valence-corrected chi connectivity index (χ3v) is 3.72. The van der Waals surface area contributed by atoms with Crippen molar-refractivity contribution < 1.29 is 38.1 Å². The molecule has 30 heavy (non-hydrogen) atoms. The minimum atomic E-state index is -1.05. The highest BCUT2D eigenvalue weighted by Crippen LogP contribution is 2.10. The second kappa shape index (κ2) is 10.1. The summed E-state index contributed by atoms with van der Waals surface area (Å²) in [6, 6.07) is 0.898. The third kappa shape index (κ3) is 6.69. The van der Waals surface area contributed by atoms with Gasteiger partial charge < -0.3 is 33.8 Å². The van der Waals surface area contributed by atoms with E-state index in [-0.39, 0.29) is 30.5 Å². The van der Waals surface area contributed by atoms with E-state index >= 15 is 0 Å². The number of alkyl carbamates (subject to hydrolysis) is 1. The van der Waals surface area contributed by atoms with Crippen LogP contribution in [-0.2, 0) is 27.5 Å². The number of aromatic hydroxyl groups is 2. The Labute approximate surface area is 169 Å². The Kier molecular flexibility index (Phi) is 7.62. The van der Waals surface area contributed by atoms with Gasteiger partial charge in [-0.05, 0) is 12.3 Å². The van der Waals surface area contributed by atoms with Gasteiger partial charge in [-0.3, -0.25) is 9.59 Å². The van der Waals surface area contributed by atoms with Crippen molar-refractivity contribution in [3.05, 3.63) is 56.6 Å². The van der Waals surface area contributed by atoms with Gasteiger partial charge in [0.15, 0.2) is 18.1 Å². The molecule has 0 radical (unpaired) electrons. The molecule has 0 aliphatic carbocycles. The van der Waals surface area contributed by atoms with Crippen LogP contribution in [0.1, 0.15) is 31.8 Å². The van der Waals surface area contributed by atoms with Crippen LogP contribution in [-0.4, -0.2) is 28.3 Å². The average Bonchev–Trinajstić information content (AvgIpc) is 2.68. The summed E-state index contributed by atoms with van der Waals surface area (Å²) in [5.74, 6) is -1.90. The zero-order valence-corrected chi connectivity index (χ0v) is 16.2. The molecule has 0 aliphatic rings. The van der Waals surface area contributed by atoms with Gasteiger partial charge in [-0.1, -0.05) is 13.8 Å². The fourth-order valence-electron chi connectivity index (χ4n) is 2.29. The highest BCUT2D eigenvalue weighted by Gasteiger charge is 2.24. The Hall–Kier alpha value is -3.76. The van der Waals surface area contributed by atoms with Crippen LogP contribution in [0.25, 0.3) is 0 Å². The number of esters is 1. The summed E-state index contributed by atoms with van der Waals surface area (Å²) >= 11 is 0. The molecule has 0 bridgehead atoms. The van der Waals surface area contributed by atoms with Crippen LogP contribution in [0.5, 0.6) is 11.5 Å². The Morgan fingerprint density at radius 1 is 0.967 bits per heavy atom. The average molecular weight is 423 g/mol. The maximum atomic E-state index is 12.3. The van der Waals surface area contributed by atoms with Crippen LogP contribution in [0, 0.1) is 5.92 Å². The second-order valence-corrected chi connectivity index (χ2v) is 6.70. The van der Waals surface area contributed by atoms with E-state index in [1.165, 1.54) is 0 Å². The Morgan fingerprint density at radius 3 is 1.93 bits per heavy atom. The minimum Gasteiger partial charge on any atom is -0.502 e. The van der Waals surface area contributed by atoms with Crippen molar-refractivity contribution in [2.75, 3.05) is 0 Å². The van der Waals surface area contributed by atoms with Gasteiger partial charge in [0.1, 0.15) is 36.7 Å². The summed E-state index contributed by atoms with van der Waals surface area (Å²) in [7, 11) is 0. The first-order valence-electron chi connectivity index (χ1n) is 8.87. The Morgan fingerprint density at radius 2 is 1.47 bits per heavy atom. The maximum Gasteiger partial charge on any atom is 0.408 e. The highest BCUT2D eigenvalue weighted by atomic mass is 16.6. The third-order valence-electron chi connectivity index (χ3n) is 3.72. The molecule has 2 heterocycles. The second-order valence-electron chi connectivity index (χ2n) is 6.70. The molecule has 0 aliphatic heterocycles. The van der Waals surface area contributed by atoms with Crippen LogP contribution in [0.15, 0.2) is 43.1 Å². The van der Waals surface area contributed by atoms with Gasteiger partial charge in [0.25, 0.3) is 0 Å². The van der Waals surface area contributed by atoms with Crippen LogP contribution in [0.2, 0.25) is 0 Å². The monoisotopic (exact) mass is 423 g/mol. The number of ether oxygens (including phenoxy) is 2. The first kappa shape index (κ1) is 22.5. The fourth-order valence-corrected chi connectivity index (χ4v) is 2.29. The van der Waals surface area contributed by atoms with E-state index in [2.05, 4.69) is 5.32 Å². The number of hydrogen-bond donors (Lipinski definition) is 3. The number of carbonyl (C=O) groups excluding carboxylic acids is 2. The zero-order valence-electron chi connectivity index (χ0n) is 16.2. The van der Waals surface area contributed by atoms with Crippen molar-refractivity contribution in [2.24, 2.45) is 5.92 Å². The first-order valence-corrected chi connectivity index (χ1v) is 8.87. The van der Waals surface area contributed by atoms with E-state index in [9.17, 15) is 19.2 Å². The van der Waals surface area contributed by atoms with Crippen molar-refractivity contribution in [1.29, 1.82) is 0 Å². The van der Waals surface area contributed by atoms with Gasteiger partial charge in [-0.15, -0.1) is 0 Å². The minimum absolute atomic E-state index is 0.00158. The molecule has 0 aromatic carbocycles. The van der Waals surface area contributed by atoms with Crippen molar-refractivity contribution in [1.82, 2.24) is 5.32 Å². The van der Waals surface area contributed by atoms with E-state index in [1.54, 1.807) is 0 Å². The molecule has 11 heteroatoms. The quantitative estimate of drug-likeness (QED) is 0.528. The predicted octanol–water partition coefficient (Wildman–Crippen LogP) is 1.39. The van der Waals surface area contributed by atoms with Crippen molar-refractivity contribution in [3.8, 4) is 11.5 Å². The summed E-state index contributed by atoms with van der Waals surface area (Å²) in [4.78, 5) is 47.1. The van der Waals surface area contributed by atoms with Gasteiger partial charge in [0, 0.05) is 12.1 Å². The van der Waals surface area contributed by atoms with Crippen LogP contribution in [0.3, 0.4) is 0 Å². The molecule has 11 nitrogen and oxygen atoms in total. The number of rotatable bonds is 8. The van der Waals surface area contributed by atoms with Crippen molar-refractivity contribution in [2.45, 2.75) is 39.5 Å². The molecule has 0 saturated carbocycles. The lowest BCUT2D eigenvalue weighted by Gasteiger charge is -2.19. The number of amides is 1. The molecule has 0 fully saturated rings. The van der Waals surface area contributed by atoms with E-state index in [0.717, 1.165) is 24.7 Å². The predicted molar refractivity (Wildman–Crippen MR) is 99.6 cm³/mol. The molecule has 0 spiro atoms. The van der Waals surface area contributed by atoms with Gasteiger partial charge in [0.2, 0.25) is 10.9 Å². The Balaban J connectivity index is 1.94. The highest BCUT2D eigenvalue weighted by molar-refractivity contribution is 5.81. The summed E-state index contributed by atoms with van der Waals surface area (Å²) in [6.07, 6.45) is 0.930. The number of nitrogens with one attached hydrogen (secondary N) is 1. The normalized spacial score (nSPS) is 11.7. The van der Waals surface area contributed by atoms with Crippen molar-refractivity contribution in [3.63, 3.8) is 0 Å². The first-order chi connectivity index (χ1) is 14.2. The molecular formula is C19H21NO10. The molecule has 2 aromatic rings. The standard InChI is InChI=1S/C19H21NO10/c1-10(2)3-13(18(25)29-6-11-4-14(21)16(23)8-27-11)20-19(26)30-7-12-5-15(22)17(24)9-28-12/h4-5,8-10,13,23-24H,3,6-7H2,1-2H3,(H,20,26)/t13-/m0/s1. The lowest BCUT2D eigenvalue weighted by Crippen LogP contribution is -2.42. The van der Waals surface area contributed by atoms with Gasteiger partial charge >= 0.3 is 12.1 Å². The summed E-state index contributed by atoms with van der Waals surface area (Å²) in [5.41, 5.74) is -1.38. The van der Waals surface area contributed by atoms with Gasteiger partial charge in [0.05, 0.1) is 0 Å². The molecule has 162 valence electrons. The van der Waals surface area contributed by atoms with E-state index < -0.39 is 47.1 Å². The lowest BCUT2D eigenvalue weighted by atomic mass is 10.0. The molecule has 2 aromatic heterocycles. The Bertz CT molecular complexity index is 1010. The van der Waals surface area contributed by atoms with E-state index in [4.69, 9.17) is 28.5 Å². The smallest absolute Gasteiger partial charge is 0.408 e. The summed E-state index contributed by atoms with van der Waals surface area (Å²) in [5, 5.41) is 20.7. The largest absolute Gasteiger partial charge is 0.502 e. The summed E-state index contributed by atoms with van der Waals surface area (Å²) < 4.78 is 19.8. The van der Waals surface area contributed by atoms with E-state index in [0.29, 0.717) is 0 Å². The molecule has 1 amide bonds. The molecule has 2 rings (SSSR count). The number of hydrogen-bond acceptors (Lipinski definition) is 10. The van der Waals surface area contributed by atoms with E-state index in [1.807, 2.05) is 13.8 Å². The fraction of sp³-hybridized carbons (Fsp3) is 0.368. The zero-order chi connectivity index (χ0) is 22.3. The van der Waals surface area contributed by atoms with Crippen molar-refractivity contribution >= 4 is 12.1 Å². The van der Waals surface area contributed by atoms with Crippen LogP contribution in [0.4, 0.5) is 4.79 Å². The molecule has 0 unspecified atom stereocenters. The van der Waals surface area contributed by atoms with Crippen LogP contribution >= 0.6 is 0 Å². The molecular weight excluding hydrogens is 402 g/mol. The summed E-state index contributed by atoms with van der Waals surface area (Å²) in [6.45, 7) is 2.89. The van der Waals surface area contributed by atoms with Crippen LogP contribution < -0.4 is 16.2 Å². The topological polar surface area (TPSA) is 166 Å². The molecule has 1 atom stereocenters. The number of carbonyl (C=O) groups is 2. The van der Waals surface area contributed by atoms with Gasteiger partial charge in [-0.25, -0.2) is 9.59 Å². The van der Waals surface area contributed by atoms with Gasteiger partial charge in [-0.2, -0.15) is 0 Å².